The number of hydrogen-bond acceptors (Lipinski definition) is 3. The minimum Gasteiger partial charge on any atom is -0.495 e. The fourth-order valence-corrected chi connectivity index (χ4v) is 2.59. The largest absolute Gasteiger partial charge is 0.495 e. The second kappa shape index (κ2) is 6.21. The summed E-state index contributed by atoms with van der Waals surface area (Å²) < 4.78 is 5.10. The summed E-state index contributed by atoms with van der Waals surface area (Å²) >= 11 is 6.05. The Morgan fingerprint density at radius 1 is 1.44 bits per heavy atom. The zero-order valence-electron chi connectivity index (χ0n) is 10.5. The van der Waals surface area contributed by atoms with Crippen molar-refractivity contribution in [1.82, 2.24) is 5.32 Å². The molecule has 3 nitrogen and oxygen atoms in total. The molecule has 1 N–H and O–H groups in total. The molecule has 98 valence electrons. The number of rotatable bonds is 4. The molecule has 1 fully saturated rings. The predicted molar refractivity (Wildman–Crippen MR) is 72.3 cm³/mol. The van der Waals surface area contributed by atoms with Gasteiger partial charge in [-0.3, -0.25) is 4.79 Å². The van der Waals surface area contributed by atoms with Crippen LogP contribution in [0.1, 0.15) is 18.4 Å². The number of nitrogens with one attached hydrogen (secondary N) is 1. The summed E-state index contributed by atoms with van der Waals surface area (Å²) in [6, 6.07) is 5.54. The Morgan fingerprint density at radius 2 is 2.17 bits per heavy atom. The van der Waals surface area contributed by atoms with Crippen LogP contribution in [0.15, 0.2) is 18.2 Å². The van der Waals surface area contributed by atoms with Crippen molar-refractivity contribution in [2.45, 2.75) is 19.3 Å². The van der Waals surface area contributed by atoms with E-state index in [4.69, 9.17) is 16.3 Å². The zero-order valence-corrected chi connectivity index (χ0v) is 11.3. The summed E-state index contributed by atoms with van der Waals surface area (Å²) in [5.74, 6) is 1.17. The standard InChI is InChI=1S/C14H18ClNO2/c1-18-14-3-2-10(8-12(14)15)9-13(17)11-4-6-16-7-5-11/h2-3,8,11,16H,4-7,9H2,1H3. The molecule has 1 aliphatic rings. The molecule has 0 bridgehead atoms. The van der Waals surface area contributed by atoms with Gasteiger partial charge in [0.25, 0.3) is 0 Å². The van der Waals surface area contributed by atoms with Gasteiger partial charge in [-0.1, -0.05) is 17.7 Å². The molecule has 1 heterocycles. The summed E-state index contributed by atoms with van der Waals surface area (Å²) in [4.78, 5) is 12.1. The Kier molecular flexibility index (Phi) is 4.61. The first-order valence-electron chi connectivity index (χ1n) is 6.26. The minimum atomic E-state index is 0.201. The van der Waals surface area contributed by atoms with E-state index in [1.807, 2.05) is 18.2 Å². The molecule has 0 unspecified atom stereocenters. The molecule has 0 spiro atoms. The fourth-order valence-electron chi connectivity index (χ4n) is 2.31. The smallest absolute Gasteiger partial charge is 0.140 e. The second-order valence-electron chi connectivity index (χ2n) is 4.64. The van der Waals surface area contributed by atoms with Gasteiger partial charge in [0.05, 0.1) is 12.1 Å². The van der Waals surface area contributed by atoms with E-state index < -0.39 is 0 Å². The zero-order chi connectivity index (χ0) is 13.0. The normalized spacial score (nSPS) is 16.6. The molecule has 1 saturated heterocycles. The van der Waals surface area contributed by atoms with Crippen molar-refractivity contribution < 1.29 is 9.53 Å². The van der Waals surface area contributed by atoms with Crippen LogP contribution in [-0.2, 0) is 11.2 Å². The quantitative estimate of drug-likeness (QED) is 0.911. The number of halogens is 1. The minimum absolute atomic E-state index is 0.201. The summed E-state index contributed by atoms with van der Waals surface area (Å²) in [6.45, 7) is 1.89. The van der Waals surface area contributed by atoms with E-state index in [1.165, 1.54) is 0 Å². The number of carbonyl (C=O) groups excluding carboxylic acids is 1. The molecule has 18 heavy (non-hydrogen) atoms. The van der Waals surface area contributed by atoms with Gasteiger partial charge in [0.15, 0.2) is 0 Å². The molecule has 0 aliphatic carbocycles. The Balaban J connectivity index is 2.00. The number of benzene rings is 1. The highest BCUT2D eigenvalue weighted by atomic mass is 35.5. The molecule has 0 atom stereocenters. The van der Waals surface area contributed by atoms with Crippen molar-refractivity contribution in [3.63, 3.8) is 0 Å². The third-order valence-electron chi connectivity index (χ3n) is 3.39. The van der Waals surface area contributed by atoms with Gasteiger partial charge in [-0.05, 0) is 43.6 Å². The van der Waals surface area contributed by atoms with E-state index in [9.17, 15) is 4.79 Å². The maximum Gasteiger partial charge on any atom is 0.140 e. The van der Waals surface area contributed by atoms with Gasteiger partial charge in [-0.15, -0.1) is 0 Å². The SMILES string of the molecule is COc1ccc(CC(=O)C2CCNCC2)cc1Cl. The number of Topliss-reactive ketones (excluding diaryl/α,β-unsaturated/α-hetero) is 1. The van der Waals surface area contributed by atoms with E-state index in [2.05, 4.69) is 5.32 Å². The maximum atomic E-state index is 12.1. The van der Waals surface area contributed by atoms with E-state index in [-0.39, 0.29) is 5.92 Å². The molecule has 0 saturated carbocycles. The van der Waals surface area contributed by atoms with Gasteiger partial charge in [0.1, 0.15) is 11.5 Å². The molecule has 4 heteroatoms. The Labute approximate surface area is 112 Å². The molecule has 0 radical (unpaired) electrons. The number of methoxy groups -OCH3 is 1. The molecule has 0 amide bonds. The van der Waals surface area contributed by atoms with Crippen molar-refractivity contribution in [3.05, 3.63) is 28.8 Å². The molecular weight excluding hydrogens is 250 g/mol. The second-order valence-corrected chi connectivity index (χ2v) is 5.04. The van der Waals surface area contributed by atoms with Gasteiger partial charge in [0, 0.05) is 12.3 Å². The molecular formula is C14H18ClNO2. The van der Waals surface area contributed by atoms with Crippen LogP contribution in [0.5, 0.6) is 5.75 Å². The van der Waals surface area contributed by atoms with Crippen LogP contribution in [0.25, 0.3) is 0 Å². The van der Waals surface area contributed by atoms with Crippen LogP contribution in [-0.4, -0.2) is 26.0 Å². The van der Waals surface area contributed by atoms with E-state index in [0.717, 1.165) is 31.5 Å². The first-order valence-corrected chi connectivity index (χ1v) is 6.64. The van der Waals surface area contributed by atoms with Crippen molar-refractivity contribution in [2.24, 2.45) is 5.92 Å². The lowest BCUT2D eigenvalue weighted by Crippen LogP contribution is -2.32. The average molecular weight is 268 g/mol. The summed E-state index contributed by atoms with van der Waals surface area (Å²) in [5.41, 5.74) is 0.962. The van der Waals surface area contributed by atoms with Crippen LogP contribution in [0.2, 0.25) is 5.02 Å². The predicted octanol–water partition coefficient (Wildman–Crippen LogP) is 2.46. The van der Waals surface area contributed by atoms with Crippen molar-refractivity contribution in [2.75, 3.05) is 20.2 Å². The first-order chi connectivity index (χ1) is 8.70. The maximum absolute atomic E-state index is 12.1. The molecule has 1 aromatic rings. The van der Waals surface area contributed by atoms with Crippen LogP contribution in [0, 0.1) is 5.92 Å². The lowest BCUT2D eigenvalue weighted by Gasteiger charge is -2.21. The number of ketones is 1. The Morgan fingerprint density at radius 3 is 2.78 bits per heavy atom. The van der Waals surface area contributed by atoms with E-state index in [0.29, 0.717) is 23.0 Å². The van der Waals surface area contributed by atoms with Crippen LogP contribution in [0.4, 0.5) is 0 Å². The van der Waals surface area contributed by atoms with Crippen molar-refractivity contribution in [1.29, 1.82) is 0 Å². The molecule has 0 aromatic heterocycles. The fraction of sp³-hybridized carbons (Fsp3) is 0.500. The number of carbonyl (C=O) groups is 1. The first kappa shape index (κ1) is 13.4. The topological polar surface area (TPSA) is 38.3 Å². The van der Waals surface area contributed by atoms with Gasteiger partial charge in [-0.2, -0.15) is 0 Å². The number of hydrogen-bond donors (Lipinski definition) is 1. The highest BCUT2D eigenvalue weighted by Crippen LogP contribution is 2.26. The monoisotopic (exact) mass is 267 g/mol. The van der Waals surface area contributed by atoms with Gasteiger partial charge in [-0.25, -0.2) is 0 Å². The average Bonchev–Trinajstić information content (AvgIpc) is 2.40. The molecule has 2 rings (SSSR count). The van der Waals surface area contributed by atoms with Gasteiger partial charge < -0.3 is 10.1 Å². The van der Waals surface area contributed by atoms with Gasteiger partial charge >= 0.3 is 0 Å². The van der Waals surface area contributed by atoms with Crippen molar-refractivity contribution in [3.8, 4) is 5.75 Å². The van der Waals surface area contributed by atoms with Crippen LogP contribution < -0.4 is 10.1 Å². The van der Waals surface area contributed by atoms with E-state index in [1.54, 1.807) is 7.11 Å². The molecule has 1 aliphatic heterocycles. The summed E-state index contributed by atoms with van der Waals surface area (Å²) in [6.07, 6.45) is 2.36. The highest BCUT2D eigenvalue weighted by molar-refractivity contribution is 6.32. The van der Waals surface area contributed by atoms with E-state index >= 15 is 0 Å². The summed E-state index contributed by atoms with van der Waals surface area (Å²) in [5, 5.41) is 3.83. The lowest BCUT2D eigenvalue weighted by molar-refractivity contribution is -0.122. The number of piperidine rings is 1. The molecule has 1 aromatic carbocycles. The Bertz CT molecular complexity index is 428. The summed E-state index contributed by atoms with van der Waals surface area (Å²) in [7, 11) is 1.58. The lowest BCUT2D eigenvalue weighted by atomic mass is 9.90. The van der Waals surface area contributed by atoms with Gasteiger partial charge in [0.2, 0.25) is 0 Å². The third-order valence-corrected chi connectivity index (χ3v) is 3.68. The Hall–Kier alpha value is -1.06. The van der Waals surface area contributed by atoms with Crippen molar-refractivity contribution >= 4 is 17.4 Å². The van der Waals surface area contributed by atoms with Crippen LogP contribution >= 0.6 is 11.6 Å². The highest BCUT2D eigenvalue weighted by Gasteiger charge is 2.20. The number of ether oxygens (including phenoxy) is 1. The van der Waals surface area contributed by atoms with Crippen LogP contribution in [0.3, 0.4) is 0 Å². The third kappa shape index (κ3) is 3.24.